The molecule has 0 atom stereocenters. The van der Waals surface area contributed by atoms with Crippen LogP contribution in [0.25, 0.3) is 0 Å². The summed E-state index contributed by atoms with van der Waals surface area (Å²) in [6.45, 7) is 14.2. The first-order chi connectivity index (χ1) is 20.1. The number of rotatable bonds is 12. The van der Waals surface area contributed by atoms with E-state index in [9.17, 15) is 9.59 Å². The van der Waals surface area contributed by atoms with Crippen LogP contribution in [0.5, 0.6) is 0 Å². The van der Waals surface area contributed by atoms with Crippen LogP contribution >= 0.6 is 22.9 Å². The number of hydrogen-bond donors (Lipinski definition) is 2. The van der Waals surface area contributed by atoms with Gasteiger partial charge < -0.3 is 20.3 Å². The van der Waals surface area contributed by atoms with Gasteiger partial charge in [0.15, 0.2) is 5.13 Å². The van der Waals surface area contributed by atoms with Crippen LogP contribution in [0.3, 0.4) is 0 Å². The normalized spacial score (nSPS) is 14.1. The van der Waals surface area contributed by atoms with E-state index in [0.717, 1.165) is 63.4 Å². The molecule has 0 radical (unpaired) electrons. The zero-order valence-electron chi connectivity index (χ0n) is 25.0. The summed E-state index contributed by atoms with van der Waals surface area (Å²) in [5.41, 5.74) is 1.04. The molecular weight excluding hydrogens is 574 g/mol. The monoisotopic (exact) mass is 613 g/mol. The Bertz CT molecular complexity index is 1370. The van der Waals surface area contributed by atoms with Gasteiger partial charge in [-0.25, -0.2) is 15.0 Å². The van der Waals surface area contributed by atoms with E-state index in [1.807, 2.05) is 45.9 Å². The van der Waals surface area contributed by atoms with E-state index in [4.69, 9.17) is 16.3 Å². The summed E-state index contributed by atoms with van der Waals surface area (Å²) in [4.78, 5) is 43.8. The minimum atomic E-state index is -0.437. The van der Waals surface area contributed by atoms with Gasteiger partial charge in [0, 0.05) is 38.8 Å². The number of anilines is 4. The van der Waals surface area contributed by atoms with E-state index >= 15 is 0 Å². The summed E-state index contributed by atoms with van der Waals surface area (Å²) in [6, 6.07) is 7.38. The van der Waals surface area contributed by atoms with Crippen molar-refractivity contribution in [3.63, 3.8) is 0 Å². The maximum Gasteiger partial charge on any atom is 0.311 e. The third-order valence-corrected chi connectivity index (χ3v) is 8.52. The number of nitrogens with one attached hydrogen (secondary N) is 2. The smallest absolute Gasteiger partial charge is 0.311 e. The van der Waals surface area contributed by atoms with Crippen molar-refractivity contribution < 1.29 is 14.3 Å². The maximum atomic E-state index is 12.8. The molecule has 0 bridgehead atoms. The highest BCUT2D eigenvalue weighted by Gasteiger charge is 2.29. The Kier molecular flexibility index (Phi) is 10.7. The quantitative estimate of drug-likeness (QED) is 0.235. The molecule has 0 saturated carbocycles. The number of nitrogens with zero attached hydrogens (tertiary/aromatic N) is 5. The molecule has 4 rings (SSSR count). The summed E-state index contributed by atoms with van der Waals surface area (Å²) < 4.78 is 5.60. The fourth-order valence-corrected chi connectivity index (χ4v) is 5.66. The van der Waals surface area contributed by atoms with E-state index < -0.39 is 5.41 Å². The molecule has 12 heteroatoms. The van der Waals surface area contributed by atoms with Crippen molar-refractivity contribution in [2.24, 2.45) is 5.41 Å². The van der Waals surface area contributed by atoms with Crippen molar-refractivity contribution >= 4 is 57.3 Å². The predicted octanol–water partition coefficient (Wildman–Crippen LogP) is 6.08. The molecule has 3 heterocycles. The fraction of sp³-hybridized carbons (Fsp3) is 0.500. The highest BCUT2D eigenvalue weighted by Crippen LogP contribution is 2.29. The van der Waals surface area contributed by atoms with Gasteiger partial charge in [-0.3, -0.25) is 14.5 Å². The van der Waals surface area contributed by atoms with Crippen LogP contribution in [0.4, 0.5) is 22.5 Å². The molecule has 2 aromatic heterocycles. The summed E-state index contributed by atoms with van der Waals surface area (Å²) in [5.74, 6) is 1.69. The zero-order chi connectivity index (χ0) is 30.3. The van der Waals surface area contributed by atoms with E-state index in [-0.39, 0.29) is 11.9 Å². The molecule has 10 nitrogen and oxygen atoms in total. The number of aromatic nitrogens is 3. The van der Waals surface area contributed by atoms with Crippen LogP contribution in [-0.4, -0.2) is 71.1 Å². The molecule has 1 amide bonds. The van der Waals surface area contributed by atoms with Gasteiger partial charge in [-0.15, -0.1) is 0 Å². The lowest BCUT2D eigenvalue weighted by Crippen LogP contribution is -2.48. The van der Waals surface area contributed by atoms with Crippen LogP contribution in [0.15, 0.2) is 30.5 Å². The number of carbonyl (C=O) groups is 2. The minimum Gasteiger partial charge on any atom is -0.464 e. The van der Waals surface area contributed by atoms with Crippen LogP contribution in [-0.2, 0) is 9.53 Å². The number of aryl methyl sites for hydroxylation is 2. The van der Waals surface area contributed by atoms with Gasteiger partial charge in [-0.05, 0) is 45.7 Å². The molecule has 0 aliphatic carbocycles. The SMILES string of the molecule is CCCCC(C)(C)C(=O)OCCN1CCN(c2cc(Nc3ncc(C(=O)Nc4c(C)cccc4Cl)s3)nc(C)n2)CC1. The molecule has 1 aromatic carbocycles. The summed E-state index contributed by atoms with van der Waals surface area (Å²) in [6.07, 6.45) is 4.47. The average Bonchev–Trinajstić information content (AvgIpc) is 3.42. The Morgan fingerprint density at radius 2 is 1.90 bits per heavy atom. The van der Waals surface area contributed by atoms with E-state index in [0.29, 0.717) is 39.0 Å². The Morgan fingerprint density at radius 3 is 2.62 bits per heavy atom. The Balaban J connectivity index is 1.29. The summed E-state index contributed by atoms with van der Waals surface area (Å²) in [7, 11) is 0. The Morgan fingerprint density at radius 1 is 1.14 bits per heavy atom. The minimum absolute atomic E-state index is 0.116. The lowest BCUT2D eigenvalue weighted by atomic mass is 9.87. The predicted molar refractivity (Wildman–Crippen MR) is 169 cm³/mol. The second kappa shape index (κ2) is 14.3. The molecule has 1 fully saturated rings. The van der Waals surface area contributed by atoms with Crippen LogP contribution < -0.4 is 15.5 Å². The van der Waals surface area contributed by atoms with E-state index in [1.165, 1.54) is 17.5 Å². The molecule has 1 saturated heterocycles. The van der Waals surface area contributed by atoms with Crippen LogP contribution in [0.1, 0.15) is 61.1 Å². The number of esters is 1. The number of halogens is 1. The van der Waals surface area contributed by atoms with Crippen molar-refractivity contribution in [1.29, 1.82) is 0 Å². The first-order valence-electron chi connectivity index (χ1n) is 14.3. The van der Waals surface area contributed by atoms with Crippen molar-refractivity contribution in [3.8, 4) is 0 Å². The van der Waals surface area contributed by atoms with Gasteiger partial charge in [0.1, 0.15) is 28.9 Å². The van der Waals surface area contributed by atoms with Crippen LogP contribution in [0.2, 0.25) is 5.02 Å². The van der Waals surface area contributed by atoms with Gasteiger partial charge in [-0.1, -0.05) is 54.8 Å². The number of carbonyl (C=O) groups excluding carboxylic acids is 2. The molecule has 2 N–H and O–H groups in total. The number of amides is 1. The lowest BCUT2D eigenvalue weighted by Gasteiger charge is -2.35. The highest BCUT2D eigenvalue weighted by atomic mass is 35.5. The number of thiazole rings is 1. The van der Waals surface area contributed by atoms with Gasteiger partial charge in [0.25, 0.3) is 5.91 Å². The van der Waals surface area contributed by atoms with Gasteiger partial charge >= 0.3 is 5.97 Å². The molecular formula is C30H40ClN7O3S. The molecule has 3 aromatic rings. The molecule has 42 heavy (non-hydrogen) atoms. The first kappa shape index (κ1) is 31.7. The second-order valence-corrected chi connectivity index (χ2v) is 12.6. The highest BCUT2D eigenvalue weighted by molar-refractivity contribution is 7.17. The third-order valence-electron chi connectivity index (χ3n) is 7.29. The third kappa shape index (κ3) is 8.39. The number of para-hydroxylation sites is 1. The number of piperazine rings is 1. The number of benzene rings is 1. The van der Waals surface area contributed by atoms with Gasteiger partial charge in [-0.2, -0.15) is 0 Å². The standard InChI is InChI=1S/C30H40ClN7O3S/c1-6-7-11-30(4,5)28(40)41-17-16-37-12-14-38(15-13-37)25-18-24(33-21(3)34-25)35-29-32-19-23(42-29)27(39)36-26-20(2)9-8-10-22(26)31/h8-10,18-19H,6-7,11-17H2,1-5H3,(H,36,39)(H,32,33,34,35). The Hall–Kier alpha value is -3.28. The summed E-state index contributed by atoms with van der Waals surface area (Å²) >= 11 is 7.49. The van der Waals surface area contributed by atoms with E-state index in [1.54, 1.807) is 6.07 Å². The zero-order valence-corrected chi connectivity index (χ0v) is 26.6. The molecule has 226 valence electrons. The first-order valence-corrected chi connectivity index (χ1v) is 15.5. The number of ether oxygens (including phenoxy) is 1. The van der Waals surface area contributed by atoms with Crippen molar-refractivity contribution in [3.05, 3.63) is 51.7 Å². The molecule has 0 unspecified atom stereocenters. The number of hydrogen-bond acceptors (Lipinski definition) is 10. The largest absolute Gasteiger partial charge is 0.464 e. The number of unbranched alkanes of at least 4 members (excludes halogenated alkanes) is 1. The summed E-state index contributed by atoms with van der Waals surface area (Å²) in [5, 5.41) is 7.14. The van der Waals surface area contributed by atoms with Crippen molar-refractivity contribution in [2.75, 3.05) is 54.9 Å². The lowest BCUT2D eigenvalue weighted by molar-refractivity contribution is -0.154. The average molecular weight is 614 g/mol. The van der Waals surface area contributed by atoms with Gasteiger partial charge in [0.2, 0.25) is 0 Å². The topological polar surface area (TPSA) is 113 Å². The maximum absolute atomic E-state index is 12.8. The van der Waals surface area contributed by atoms with Crippen LogP contribution in [0, 0.1) is 19.3 Å². The molecule has 1 aliphatic rings. The van der Waals surface area contributed by atoms with Crippen molar-refractivity contribution in [2.45, 2.75) is 53.9 Å². The van der Waals surface area contributed by atoms with Gasteiger partial charge in [0.05, 0.1) is 22.3 Å². The molecule has 1 aliphatic heterocycles. The Labute approximate surface area is 256 Å². The van der Waals surface area contributed by atoms with E-state index in [2.05, 4.69) is 42.3 Å². The van der Waals surface area contributed by atoms with Crippen molar-refractivity contribution in [1.82, 2.24) is 19.9 Å². The second-order valence-electron chi connectivity index (χ2n) is 11.2. The fourth-order valence-electron chi connectivity index (χ4n) is 4.67. The molecule has 0 spiro atoms.